The molecule has 0 aliphatic heterocycles. The third-order valence-corrected chi connectivity index (χ3v) is 3.53. The molecule has 1 atom stereocenters. The maximum Gasteiger partial charge on any atom is 0.119 e. The lowest BCUT2D eigenvalue weighted by atomic mass is 10.0. The molecule has 0 aliphatic rings. The molecule has 0 heterocycles. The summed E-state index contributed by atoms with van der Waals surface area (Å²) in [6.45, 7) is 6.59. The first-order valence-electron chi connectivity index (χ1n) is 7.10. The van der Waals surface area contributed by atoms with Crippen LogP contribution in [0.3, 0.4) is 0 Å². The van der Waals surface area contributed by atoms with Crippen LogP contribution in [0.25, 0.3) is 0 Å². The molecular weight excluding hydrogens is 246 g/mol. The normalized spacial score (nSPS) is 12.2. The molecule has 0 radical (unpaired) electrons. The summed E-state index contributed by atoms with van der Waals surface area (Å²) >= 11 is 0. The molecule has 2 heteroatoms. The van der Waals surface area contributed by atoms with Gasteiger partial charge in [-0.15, -0.1) is 0 Å². The number of nitrogens with one attached hydrogen (secondary N) is 1. The van der Waals surface area contributed by atoms with E-state index in [1.165, 1.54) is 11.1 Å². The van der Waals surface area contributed by atoms with Crippen molar-refractivity contribution in [2.75, 3.05) is 12.4 Å². The smallest absolute Gasteiger partial charge is 0.119 e. The molecule has 20 heavy (non-hydrogen) atoms. The Hall–Kier alpha value is -1.96. The largest absolute Gasteiger partial charge is 0.497 e. The van der Waals surface area contributed by atoms with Crippen LogP contribution in [0.5, 0.6) is 5.75 Å². The zero-order chi connectivity index (χ0) is 14.5. The molecule has 2 aromatic carbocycles. The van der Waals surface area contributed by atoms with Crippen LogP contribution >= 0.6 is 0 Å². The predicted octanol–water partition coefficient (Wildman–Crippen LogP) is 4.99. The number of hydrogen-bond donors (Lipinski definition) is 1. The summed E-state index contributed by atoms with van der Waals surface area (Å²) in [5, 5.41) is 3.55. The van der Waals surface area contributed by atoms with Crippen LogP contribution in [0.1, 0.15) is 43.9 Å². The van der Waals surface area contributed by atoms with Crippen LogP contribution < -0.4 is 10.1 Å². The molecule has 0 amide bonds. The first-order chi connectivity index (χ1) is 9.60. The molecule has 106 valence electrons. The highest BCUT2D eigenvalue weighted by molar-refractivity contribution is 5.48. The fourth-order valence-corrected chi connectivity index (χ4v) is 2.23. The van der Waals surface area contributed by atoms with Gasteiger partial charge in [-0.05, 0) is 48.2 Å². The maximum absolute atomic E-state index is 5.28. The van der Waals surface area contributed by atoms with Gasteiger partial charge in [0.2, 0.25) is 0 Å². The van der Waals surface area contributed by atoms with Gasteiger partial charge < -0.3 is 10.1 Å². The number of hydrogen-bond acceptors (Lipinski definition) is 2. The van der Waals surface area contributed by atoms with E-state index >= 15 is 0 Å². The van der Waals surface area contributed by atoms with Crippen molar-refractivity contribution in [3.63, 3.8) is 0 Å². The number of benzene rings is 2. The van der Waals surface area contributed by atoms with Crippen molar-refractivity contribution in [1.29, 1.82) is 0 Å². The molecule has 0 aromatic heterocycles. The van der Waals surface area contributed by atoms with E-state index in [-0.39, 0.29) is 6.04 Å². The van der Waals surface area contributed by atoms with Crippen molar-refractivity contribution in [3.05, 3.63) is 59.7 Å². The number of ether oxygens (including phenoxy) is 1. The standard InChI is InChI=1S/C18H23NO/c1-13(2)15-7-5-9-17(11-15)19-14(3)16-8-6-10-18(12-16)20-4/h5-14,19H,1-4H3. The first-order valence-corrected chi connectivity index (χ1v) is 7.10. The average molecular weight is 269 g/mol. The molecule has 1 unspecified atom stereocenters. The summed E-state index contributed by atoms with van der Waals surface area (Å²) in [5.74, 6) is 1.44. The zero-order valence-electron chi connectivity index (χ0n) is 12.7. The van der Waals surface area contributed by atoms with Gasteiger partial charge >= 0.3 is 0 Å². The Morgan fingerprint density at radius 2 is 1.60 bits per heavy atom. The monoisotopic (exact) mass is 269 g/mol. The molecule has 0 bridgehead atoms. The molecule has 2 nitrogen and oxygen atoms in total. The Balaban J connectivity index is 2.14. The van der Waals surface area contributed by atoms with E-state index in [1.807, 2.05) is 12.1 Å². The Morgan fingerprint density at radius 3 is 2.30 bits per heavy atom. The number of anilines is 1. The number of rotatable bonds is 5. The van der Waals surface area contributed by atoms with E-state index in [0.29, 0.717) is 5.92 Å². The summed E-state index contributed by atoms with van der Waals surface area (Å²) in [5.41, 5.74) is 3.73. The molecule has 0 saturated heterocycles. The van der Waals surface area contributed by atoms with E-state index in [0.717, 1.165) is 11.4 Å². The minimum atomic E-state index is 0.243. The summed E-state index contributed by atoms with van der Waals surface area (Å²) in [6, 6.07) is 17.0. The van der Waals surface area contributed by atoms with Gasteiger partial charge in [-0.3, -0.25) is 0 Å². The highest BCUT2D eigenvalue weighted by Gasteiger charge is 2.07. The lowest BCUT2D eigenvalue weighted by Crippen LogP contribution is -2.07. The third kappa shape index (κ3) is 3.53. The van der Waals surface area contributed by atoms with Gasteiger partial charge in [-0.25, -0.2) is 0 Å². The second kappa shape index (κ2) is 6.47. The Kier molecular flexibility index (Phi) is 4.67. The first kappa shape index (κ1) is 14.4. The molecule has 0 spiro atoms. The average Bonchev–Trinajstić information content (AvgIpc) is 2.47. The van der Waals surface area contributed by atoms with Crippen LogP contribution in [0.15, 0.2) is 48.5 Å². The van der Waals surface area contributed by atoms with Crippen LogP contribution in [0, 0.1) is 0 Å². The van der Waals surface area contributed by atoms with Gasteiger partial charge in [-0.2, -0.15) is 0 Å². The quantitative estimate of drug-likeness (QED) is 0.825. The summed E-state index contributed by atoms with van der Waals surface area (Å²) in [7, 11) is 1.70. The Bertz CT molecular complexity index is 563. The summed E-state index contributed by atoms with van der Waals surface area (Å²) in [6.07, 6.45) is 0. The third-order valence-electron chi connectivity index (χ3n) is 3.53. The van der Waals surface area contributed by atoms with Crippen molar-refractivity contribution in [1.82, 2.24) is 0 Å². The second-order valence-electron chi connectivity index (χ2n) is 5.42. The van der Waals surface area contributed by atoms with E-state index < -0.39 is 0 Å². The lowest BCUT2D eigenvalue weighted by Gasteiger charge is -2.17. The predicted molar refractivity (Wildman–Crippen MR) is 85.6 cm³/mol. The minimum Gasteiger partial charge on any atom is -0.497 e. The molecule has 2 rings (SSSR count). The van der Waals surface area contributed by atoms with Crippen LogP contribution in [-0.2, 0) is 0 Å². The molecule has 0 fully saturated rings. The van der Waals surface area contributed by atoms with E-state index in [4.69, 9.17) is 4.74 Å². The van der Waals surface area contributed by atoms with Gasteiger partial charge in [0.25, 0.3) is 0 Å². The summed E-state index contributed by atoms with van der Waals surface area (Å²) < 4.78 is 5.28. The SMILES string of the molecule is COc1cccc(C(C)Nc2cccc(C(C)C)c2)c1. The molecule has 1 N–H and O–H groups in total. The van der Waals surface area contributed by atoms with Gasteiger partial charge in [-0.1, -0.05) is 38.1 Å². The summed E-state index contributed by atoms with van der Waals surface area (Å²) in [4.78, 5) is 0. The van der Waals surface area contributed by atoms with Crippen LogP contribution in [0.2, 0.25) is 0 Å². The topological polar surface area (TPSA) is 21.3 Å². The van der Waals surface area contributed by atoms with Crippen LogP contribution in [-0.4, -0.2) is 7.11 Å². The van der Waals surface area contributed by atoms with E-state index in [1.54, 1.807) is 7.11 Å². The van der Waals surface area contributed by atoms with Crippen molar-refractivity contribution in [3.8, 4) is 5.75 Å². The van der Waals surface area contributed by atoms with Gasteiger partial charge in [0.15, 0.2) is 0 Å². The second-order valence-corrected chi connectivity index (χ2v) is 5.42. The van der Waals surface area contributed by atoms with Crippen molar-refractivity contribution < 1.29 is 4.74 Å². The van der Waals surface area contributed by atoms with Crippen LogP contribution in [0.4, 0.5) is 5.69 Å². The zero-order valence-corrected chi connectivity index (χ0v) is 12.7. The molecule has 0 saturated carbocycles. The van der Waals surface area contributed by atoms with E-state index in [9.17, 15) is 0 Å². The Morgan fingerprint density at radius 1 is 0.900 bits per heavy atom. The Labute approximate surface area is 121 Å². The van der Waals surface area contributed by atoms with Crippen molar-refractivity contribution in [2.24, 2.45) is 0 Å². The fourth-order valence-electron chi connectivity index (χ4n) is 2.23. The molecular formula is C18H23NO. The van der Waals surface area contributed by atoms with Crippen molar-refractivity contribution >= 4 is 5.69 Å². The molecule has 2 aromatic rings. The molecule has 0 aliphatic carbocycles. The lowest BCUT2D eigenvalue weighted by molar-refractivity contribution is 0.414. The van der Waals surface area contributed by atoms with E-state index in [2.05, 4.69) is 62.5 Å². The fraction of sp³-hybridized carbons (Fsp3) is 0.333. The van der Waals surface area contributed by atoms with Gasteiger partial charge in [0.1, 0.15) is 5.75 Å². The highest BCUT2D eigenvalue weighted by atomic mass is 16.5. The van der Waals surface area contributed by atoms with Gasteiger partial charge in [0.05, 0.1) is 7.11 Å². The van der Waals surface area contributed by atoms with Gasteiger partial charge in [0, 0.05) is 11.7 Å². The van der Waals surface area contributed by atoms with Crippen molar-refractivity contribution in [2.45, 2.75) is 32.7 Å². The maximum atomic E-state index is 5.28. The highest BCUT2D eigenvalue weighted by Crippen LogP contribution is 2.24. The minimum absolute atomic E-state index is 0.243. The number of methoxy groups -OCH3 is 1.